The Kier molecular flexibility index (Phi) is 16.0. The highest BCUT2D eigenvalue weighted by Crippen LogP contribution is 2.35. The Hall–Kier alpha value is -2.30. The molecule has 1 amide bonds. The third kappa shape index (κ3) is 12.1. The number of carbonyl (C=O) groups excluding carboxylic acids is 1. The van der Waals surface area contributed by atoms with Crippen molar-refractivity contribution in [3.8, 4) is 5.69 Å². The number of carboxylic acids is 1. The molecule has 0 spiro atoms. The van der Waals surface area contributed by atoms with E-state index in [0.717, 1.165) is 31.0 Å². The number of hydrogen-bond acceptors (Lipinski definition) is 5. The Morgan fingerprint density at radius 2 is 1.44 bits per heavy atom. The number of H-pyrrole nitrogens is 1. The minimum absolute atomic E-state index is 0.0873. The number of benzene rings is 2. The molecule has 1 heterocycles. The van der Waals surface area contributed by atoms with E-state index in [-0.39, 0.29) is 44.5 Å². The van der Waals surface area contributed by atoms with Gasteiger partial charge in [-0.15, -0.1) is 11.8 Å². The number of aromatic nitrogens is 2. The van der Waals surface area contributed by atoms with Crippen LogP contribution >= 0.6 is 58.2 Å². The number of carboxylic acid groups (broad SMARTS) is 1. The quantitative estimate of drug-likeness (QED) is 0.0683. The number of unbranched alkanes of at least 4 members (excludes halogenated alkanes) is 10. The molecule has 0 aliphatic rings. The molecule has 0 atom stereocenters. The summed E-state index contributed by atoms with van der Waals surface area (Å²) in [5, 5.41) is 19.1. The molecule has 0 saturated heterocycles. The first kappa shape index (κ1) is 37.2. The van der Waals surface area contributed by atoms with Crippen LogP contribution in [0.3, 0.4) is 0 Å². The summed E-state index contributed by atoms with van der Waals surface area (Å²) in [7, 11) is 0. The van der Waals surface area contributed by atoms with Gasteiger partial charge < -0.3 is 15.7 Å². The monoisotopic (exact) mass is 716 g/mol. The number of rotatable bonds is 20. The van der Waals surface area contributed by atoms with Gasteiger partial charge in [0.15, 0.2) is 0 Å². The van der Waals surface area contributed by atoms with E-state index >= 15 is 0 Å². The molecule has 0 unspecified atom stereocenters. The fourth-order valence-corrected chi connectivity index (χ4v) is 6.88. The van der Waals surface area contributed by atoms with Crippen LogP contribution in [0.1, 0.15) is 90.4 Å². The van der Waals surface area contributed by atoms with Crippen LogP contribution in [0.15, 0.2) is 40.0 Å². The first-order valence-electron chi connectivity index (χ1n) is 15.3. The topological polar surface area (TPSA) is 116 Å². The summed E-state index contributed by atoms with van der Waals surface area (Å²) in [5.41, 5.74) is 0.661. The molecular formula is C32H40Cl4N4O4S. The molecule has 0 radical (unpaired) electrons. The summed E-state index contributed by atoms with van der Waals surface area (Å²) in [6.07, 6.45) is 13.6. The van der Waals surface area contributed by atoms with Crippen LogP contribution < -0.4 is 16.2 Å². The predicted octanol–water partition coefficient (Wildman–Crippen LogP) is 10.7. The zero-order valence-electron chi connectivity index (χ0n) is 25.3. The first-order valence-corrected chi connectivity index (χ1v) is 17.8. The fourth-order valence-electron chi connectivity index (χ4n) is 4.79. The van der Waals surface area contributed by atoms with E-state index in [4.69, 9.17) is 51.5 Å². The van der Waals surface area contributed by atoms with Crippen LogP contribution in [0.4, 0.5) is 17.2 Å². The molecule has 3 rings (SSSR count). The van der Waals surface area contributed by atoms with Crippen molar-refractivity contribution in [1.82, 2.24) is 9.78 Å². The average Bonchev–Trinajstić information content (AvgIpc) is 3.26. The largest absolute Gasteiger partial charge is 0.481 e. The molecule has 4 N–H and O–H groups in total. The predicted molar refractivity (Wildman–Crippen MR) is 189 cm³/mol. The van der Waals surface area contributed by atoms with Crippen molar-refractivity contribution in [3.63, 3.8) is 0 Å². The number of halogens is 4. The van der Waals surface area contributed by atoms with Crippen molar-refractivity contribution in [1.29, 1.82) is 0 Å². The Labute approximate surface area is 288 Å². The zero-order valence-corrected chi connectivity index (χ0v) is 29.2. The van der Waals surface area contributed by atoms with Crippen molar-refractivity contribution in [2.45, 2.75) is 95.3 Å². The van der Waals surface area contributed by atoms with Crippen LogP contribution in [-0.2, 0) is 9.59 Å². The number of nitrogens with one attached hydrogen (secondary N) is 3. The number of carbonyl (C=O) groups is 2. The van der Waals surface area contributed by atoms with Gasteiger partial charge in [0.25, 0.3) is 5.56 Å². The number of nitrogens with zero attached hydrogens (tertiary/aromatic N) is 1. The molecule has 3 aromatic rings. The second kappa shape index (κ2) is 19.4. The number of amides is 1. The summed E-state index contributed by atoms with van der Waals surface area (Å²) < 4.78 is 1.17. The van der Waals surface area contributed by atoms with Crippen LogP contribution in [0.5, 0.6) is 0 Å². The van der Waals surface area contributed by atoms with Crippen LogP contribution in [-0.4, -0.2) is 32.5 Å². The Bertz CT molecular complexity index is 1470. The summed E-state index contributed by atoms with van der Waals surface area (Å²) in [4.78, 5) is 37.5. The zero-order chi connectivity index (χ0) is 32.8. The maximum Gasteiger partial charge on any atom is 0.304 e. The van der Waals surface area contributed by atoms with Gasteiger partial charge in [0, 0.05) is 22.9 Å². The lowest BCUT2D eigenvalue weighted by atomic mass is 10.1. The summed E-state index contributed by atoms with van der Waals surface area (Å²) in [6, 6.07) is 7.93. The van der Waals surface area contributed by atoms with E-state index in [0.29, 0.717) is 27.8 Å². The van der Waals surface area contributed by atoms with Crippen LogP contribution in [0.25, 0.3) is 5.69 Å². The van der Waals surface area contributed by atoms with Gasteiger partial charge in [-0.25, -0.2) is 4.68 Å². The standard InChI is InChI=1S/C32H40Cl4N4O4S/c1-2-3-4-5-6-7-8-9-10-11-12-13-27(41)37-22-14-15-23(34)26(20-22)38-31-30(45-17-16-28(42)43)32(44)40(39-31)29-24(35)18-21(33)19-25(29)36/h14-15,18-20,38-39H,2-13,16-17H2,1H3,(H,37,41)(H,42,43). The molecule has 45 heavy (non-hydrogen) atoms. The van der Waals surface area contributed by atoms with E-state index < -0.39 is 11.5 Å². The van der Waals surface area contributed by atoms with Gasteiger partial charge in [0.2, 0.25) is 5.91 Å². The van der Waals surface area contributed by atoms with Gasteiger partial charge in [-0.2, -0.15) is 0 Å². The van der Waals surface area contributed by atoms with Crippen molar-refractivity contribution in [2.75, 3.05) is 16.4 Å². The van der Waals surface area contributed by atoms with Crippen molar-refractivity contribution < 1.29 is 14.7 Å². The minimum Gasteiger partial charge on any atom is -0.481 e. The molecule has 0 saturated carbocycles. The van der Waals surface area contributed by atoms with Gasteiger partial charge in [0.05, 0.1) is 27.2 Å². The fraction of sp³-hybridized carbons (Fsp3) is 0.469. The summed E-state index contributed by atoms with van der Waals surface area (Å²) >= 11 is 26.4. The molecule has 1 aromatic heterocycles. The lowest BCUT2D eigenvalue weighted by Crippen LogP contribution is -2.16. The molecule has 0 aliphatic heterocycles. The van der Waals surface area contributed by atoms with E-state index in [1.165, 1.54) is 68.2 Å². The molecule has 0 aliphatic carbocycles. The lowest BCUT2D eigenvalue weighted by molar-refractivity contribution is -0.136. The highest BCUT2D eigenvalue weighted by atomic mass is 35.5. The Morgan fingerprint density at radius 1 is 0.844 bits per heavy atom. The first-order chi connectivity index (χ1) is 21.6. The lowest BCUT2D eigenvalue weighted by Gasteiger charge is -2.12. The molecule has 8 nitrogen and oxygen atoms in total. The van der Waals surface area contributed by atoms with Crippen molar-refractivity contribution in [3.05, 3.63) is 60.8 Å². The second-order valence-corrected chi connectivity index (χ2v) is 13.6. The highest BCUT2D eigenvalue weighted by molar-refractivity contribution is 7.99. The van der Waals surface area contributed by atoms with E-state index in [2.05, 4.69) is 22.7 Å². The third-order valence-corrected chi connectivity index (χ3v) is 9.33. The Morgan fingerprint density at radius 3 is 2.04 bits per heavy atom. The van der Waals surface area contributed by atoms with Crippen LogP contribution in [0, 0.1) is 0 Å². The maximum absolute atomic E-state index is 13.5. The van der Waals surface area contributed by atoms with Crippen molar-refractivity contribution in [2.24, 2.45) is 0 Å². The molecule has 0 fully saturated rings. The maximum atomic E-state index is 13.5. The SMILES string of the molecule is CCCCCCCCCCCCCC(=O)Nc1ccc(Cl)c(Nc2[nH]n(-c3c(Cl)cc(Cl)cc3Cl)c(=O)c2SCCC(=O)O)c1. The average molecular weight is 719 g/mol. The van der Waals surface area contributed by atoms with Gasteiger partial charge in [0.1, 0.15) is 16.4 Å². The highest BCUT2D eigenvalue weighted by Gasteiger charge is 2.21. The van der Waals surface area contributed by atoms with E-state index in [1.807, 2.05) is 0 Å². The van der Waals surface area contributed by atoms with Crippen molar-refractivity contribution >= 4 is 87.2 Å². The third-order valence-electron chi connectivity index (χ3n) is 7.13. The van der Waals surface area contributed by atoms with Gasteiger partial charge in [-0.1, -0.05) is 118 Å². The normalized spacial score (nSPS) is 11.1. The number of thioether (sulfide) groups is 1. The number of aliphatic carboxylic acids is 1. The minimum atomic E-state index is -0.990. The van der Waals surface area contributed by atoms with E-state index in [9.17, 15) is 14.4 Å². The van der Waals surface area contributed by atoms with E-state index in [1.54, 1.807) is 18.2 Å². The number of anilines is 3. The van der Waals surface area contributed by atoms with Gasteiger partial charge >= 0.3 is 5.97 Å². The number of aromatic amines is 1. The summed E-state index contributed by atoms with van der Waals surface area (Å²) in [5.74, 6) is -0.682. The molecule has 246 valence electrons. The second-order valence-electron chi connectivity index (χ2n) is 10.8. The van der Waals surface area contributed by atoms with Gasteiger partial charge in [-0.05, 0) is 36.8 Å². The molecule has 13 heteroatoms. The summed E-state index contributed by atoms with van der Waals surface area (Å²) in [6.45, 7) is 2.23. The smallest absolute Gasteiger partial charge is 0.304 e. The van der Waals surface area contributed by atoms with Gasteiger partial charge in [-0.3, -0.25) is 19.5 Å². The molecule has 0 bridgehead atoms. The molecular weight excluding hydrogens is 678 g/mol. The Balaban J connectivity index is 1.64. The van der Waals surface area contributed by atoms with Crippen LogP contribution in [0.2, 0.25) is 20.1 Å². The number of hydrogen-bond donors (Lipinski definition) is 4. The molecule has 2 aromatic carbocycles.